The van der Waals surface area contributed by atoms with Gasteiger partial charge in [-0.05, 0) is 38.3 Å². The molecule has 0 atom stereocenters. The minimum atomic E-state index is 0.134. The molecule has 0 radical (unpaired) electrons. The van der Waals surface area contributed by atoms with Crippen molar-refractivity contribution in [3.05, 3.63) is 24.3 Å². The van der Waals surface area contributed by atoms with E-state index in [0.717, 1.165) is 29.7 Å². The molecule has 0 aliphatic carbocycles. The summed E-state index contributed by atoms with van der Waals surface area (Å²) in [6.07, 6.45) is 2.02. The molecule has 17 heavy (non-hydrogen) atoms. The van der Waals surface area contributed by atoms with E-state index >= 15 is 0 Å². The van der Waals surface area contributed by atoms with Crippen LogP contribution in [-0.4, -0.2) is 18.5 Å². The van der Waals surface area contributed by atoms with E-state index in [1.165, 1.54) is 0 Å². The van der Waals surface area contributed by atoms with Crippen LogP contribution in [0.1, 0.15) is 54.4 Å². The van der Waals surface area contributed by atoms with Gasteiger partial charge in [-0.2, -0.15) is 0 Å². The highest BCUT2D eigenvalue weighted by atomic mass is 16.1. The van der Waals surface area contributed by atoms with Crippen molar-refractivity contribution >= 4 is 11.5 Å². The molecule has 0 aromatic carbocycles. The topological polar surface area (TPSA) is 29.4 Å². The number of carbonyl (C=O) groups is 1. The van der Waals surface area contributed by atoms with Gasteiger partial charge in [0.25, 0.3) is 0 Å². The zero-order valence-electron chi connectivity index (χ0n) is 12.7. The summed E-state index contributed by atoms with van der Waals surface area (Å²) in [5, 5.41) is 0. The Morgan fingerprint density at radius 1 is 1.06 bits per heavy atom. The van der Waals surface area contributed by atoms with E-state index in [1.54, 1.807) is 14.0 Å². The molecule has 2 nitrogen and oxygen atoms in total. The highest BCUT2D eigenvalue weighted by molar-refractivity contribution is 6.07. The maximum absolute atomic E-state index is 11.1. The maximum atomic E-state index is 11.1. The Labute approximate surface area is 108 Å². The summed E-state index contributed by atoms with van der Waals surface area (Å²) in [6.45, 7) is 17.5. The van der Waals surface area contributed by atoms with Gasteiger partial charge in [0.05, 0.1) is 0 Å². The molecular weight excluding hydrogens is 210 g/mol. The molecule has 0 heterocycles. The summed E-state index contributed by atoms with van der Waals surface area (Å²) < 4.78 is 0. The van der Waals surface area contributed by atoms with E-state index in [1.807, 2.05) is 27.7 Å². The van der Waals surface area contributed by atoms with Crippen LogP contribution in [0.5, 0.6) is 0 Å². The number of rotatable bonds is 4. The summed E-state index contributed by atoms with van der Waals surface area (Å²) >= 11 is 0. The van der Waals surface area contributed by atoms with Gasteiger partial charge in [-0.1, -0.05) is 27.2 Å². The monoisotopic (exact) mass is 239 g/mol. The molecule has 0 rings (SSSR count). The molecule has 0 aromatic heterocycles. The smallest absolute Gasteiger partial charge is 0.155 e. The second-order valence-electron chi connectivity index (χ2n) is 3.23. The van der Waals surface area contributed by atoms with Crippen LogP contribution in [0.4, 0.5) is 0 Å². The van der Waals surface area contributed by atoms with Crippen molar-refractivity contribution < 1.29 is 4.79 Å². The summed E-state index contributed by atoms with van der Waals surface area (Å²) in [5.41, 5.74) is 2.92. The molecule has 0 aliphatic rings. The fourth-order valence-electron chi connectivity index (χ4n) is 1.18. The number of aliphatic imine (C=N–C) groups is 1. The van der Waals surface area contributed by atoms with Gasteiger partial charge >= 0.3 is 0 Å². The maximum Gasteiger partial charge on any atom is 0.155 e. The van der Waals surface area contributed by atoms with Crippen molar-refractivity contribution in [2.75, 3.05) is 7.05 Å². The van der Waals surface area contributed by atoms with Gasteiger partial charge in [-0.3, -0.25) is 9.79 Å². The number of ketones is 1. The predicted octanol–water partition coefficient (Wildman–Crippen LogP) is 4.61. The number of allylic oxidation sites excluding steroid dienone is 2. The molecule has 0 saturated heterocycles. The van der Waals surface area contributed by atoms with Crippen molar-refractivity contribution in [2.45, 2.75) is 54.4 Å². The number of carbonyl (C=O) groups excluding carboxylic acids is 1. The average Bonchev–Trinajstić information content (AvgIpc) is 2.38. The van der Waals surface area contributed by atoms with Crippen LogP contribution < -0.4 is 0 Å². The van der Waals surface area contributed by atoms with E-state index in [4.69, 9.17) is 0 Å². The average molecular weight is 239 g/mol. The third-order valence-corrected chi connectivity index (χ3v) is 2.28. The van der Waals surface area contributed by atoms with E-state index in [9.17, 15) is 4.79 Å². The third-order valence-electron chi connectivity index (χ3n) is 2.28. The first-order chi connectivity index (χ1) is 8.04. The lowest BCUT2D eigenvalue weighted by atomic mass is 10.0. The van der Waals surface area contributed by atoms with Gasteiger partial charge in [0.2, 0.25) is 0 Å². The SMILES string of the molecule is C=C.CC.CCCC(=NC)/C(C)=C(\C)C(C)=O. The lowest BCUT2D eigenvalue weighted by Gasteiger charge is -2.07. The second-order valence-corrected chi connectivity index (χ2v) is 3.23. The van der Waals surface area contributed by atoms with Crippen molar-refractivity contribution in [3.8, 4) is 0 Å². The first kappa shape index (κ1) is 21.1. The van der Waals surface area contributed by atoms with Gasteiger partial charge < -0.3 is 0 Å². The summed E-state index contributed by atoms with van der Waals surface area (Å²) in [6, 6.07) is 0. The molecule has 0 aliphatic heterocycles. The summed E-state index contributed by atoms with van der Waals surface area (Å²) in [7, 11) is 1.78. The molecule has 0 bridgehead atoms. The fourth-order valence-corrected chi connectivity index (χ4v) is 1.18. The highest BCUT2D eigenvalue weighted by Crippen LogP contribution is 2.10. The molecule has 0 unspecified atom stereocenters. The standard InChI is InChI=1S/C11H19NO.C2H6.C2H4/c1-6-7-11(12-5)9(3)8(2)10(4)13;2*1-2/h6-7H2,1-5H3;1-2H3;1-2H2/b9-8+,12-11?;;. The zero-order chi connectivity index (χ0) is 14.4. The number of Topliss-reactive ketones (excluding diaryl/α,β-unsaturated/α-hetero) is 1. The van der Waals surface area contributed by atoms with Crippen LogP contribution in [0, 0.1) is 0 Å². The normalized spacial score (nSPS) is 11.4. The molecule has 100 valence electrons. The zero-order valence-corrected chi connectivity index (χ0v) is 12.7. The highest BCUT2D eigenvalue weighted by Gasteiger charge is 2.06. The van der Waals surface area contributed by atoms with E-state index in [0.29, 0.717) is 0 Å². The largest absolute Gasteiger partial charge is 0.295 e. The minimum absolute atomic E-state index is 0.134. The number of hydrogen-bond donors (Lipinski definition) is 0. The Kier molecular flexibility index (Phi) is 18.4. The van der Waals surface area contributed by atoms with Crippen molar-refractivity contribution in [1.29, 1.82) is 0 Å². The lowest BCUT2D eigenvalue weighted by Crippen LogP contribution is -2.06. The van der Waals surface area contributed by atoms with Crippen LogP contribution in [0.2, 0.25) is 0 Å². The molecule has 0 amide bonds. The van der Waals surface area contributed by atoms with Gasteiger partial charge in [0, 0.05) is 12.8 Å². The Morgan fingerprint density at radius 3 is 1.71 bits per heavy atom. The van der Waals surface area contributed by atoms with Crippen LogP contribution in [0.25, 0.3) is 0 Å². The van der Waals surface area contributed by atoms with Crippen LogP contribution in [0.15, 0.2) is 29.3 Å². The summed E-state index contributed by atoms with van der Waals surface area (Å²) in [5.74, 6) is 0.134. The van der Waals surface area contributed by atoms with Crippen molar-refractivity contribution in [1.82, 2.24) is 0 Å². The third kappa shape index (κ3) is 9.73. The number of nitrogens with zero attached hydrogens (tertiary/aromatic N) is 1. The predicted molar refractivity (Wildman–Crippen MR) is 79.9 cm³/mol. The Hall–Kier alpha value is -1.18. The fraction of sp³-hybridized carbons (Fsp3) is 0.600. The Balaban J connectivity index is -0.000000439. The summed E-state index contributed by atoms with van der Waals surface area (Å²) in [4.78, 5) is 15.3. The van der Waals surface area contributed by atoms with E-state index in [-0.39, 0.29) is 5.78 Å². The molecule has 2 heteroatoms. The molecule has 0 aromatic rings. The van der Waals surface area contributed by atoms with Gasteiger partial charge in [-0.25, -0.2) is 0 Å². The lowest BCUT2D eigenvalue weighted by molar-refractivity contribution is -0.113. The Morgan fingerprint density at radius 2 is 1.47 bits per heavy atom. The molecular formula is C15H29NO. The second kappa shape index (κ2) is 14.8. The van der Waals surface area contributed by atoms with Crippen molar-refractivity contribution in [2.24, 2.45) is 4.99 Å². The van der Waals surface area contributed by atoms with Crippen molar-refractivity contribution in [3.63, 3.8) is 0 Å². The first-order valence-electron chi connectivity index (χ1n) is 6.19. The quantitative estimate of drug-likeness (QED) is 0.400. The molecule has 0 saturated carbocycles. The van der Waals surface area contributed by atoms with Gasteiger partial charge in [0.15, 0.2) is 5.78 Å². The molecule has 0 N–H and O–H groups in total. The van der Waals surface area contributed by atoms with Gasteiger partial charge in [0.1, 0.15) is 0 Å². The van der Waals surface area contributed by atoms with E-state index in [2.05, 4.69) is 25.1 Å². The van der Waals surface area contributed by atoms with Gasteiger partial charge in [-0.15, -0.1) is 13.2 Å². The van der Waals surface area contributed by atoms with Crippen LogP contribution in [-0.2, 0) is 4.79 Å². The van der Waals surface area contributed by atoms with Crippen LogP contribution in [0.3, 0.4) is 0 Å². The number of hydrogen-bond acceptors (Lipinski definition) is 2. The molecule has 0 fully saturated rings. The Bertz CT molecular complexity index is 262. The van der Waals surface area contributed by atoms with Crippen LogP contribution >= 0.6 is 0 Å². The first-order valence-corrected chi connectivity index (χ1v) is 6.19. The minimum Gasteiger partial charge on any atom is -0.295 e. The van der Waals surface area contributed by atoms with E-state index < -0.39 is 0 Å². The molecule has 0 spiro atoms.